The predicted molar refractivity (Wildman–Crippen MR) is 85.2 cm³/mol. The summed E-state index contributed by atoms with van der Waals surface area (Å²) in [7, 11) is 0. The molecule has 1 aliphatic rings. The molecular formula is C18H27Cl. The first kappa shape index (κ1) is 14.9. The van der Waals surface area contributed by atoms with E-state index in [0.29, 0.717) is 5.41 Å². The molecule has 1 atom stereocenters. The minimum absolute atomic E-state index is 0.163. The second-order valence-electron chi connectivity index (χ2n) is 7.33. The van der Waals surface area contributed by atoms with E-state index in [1.54, 1.807) is 0 Å². The predicted octanol–water partition coefficient (Wildman–Crippen LogP) is 6.12. The summed E-state index contributed by atoms with van der Waals surface area (Å²) in [5.74, 6) is 0. The molecule has 1 aliphatic carbocycles. The van der Waals surface area contributed by atoms with Crippen molar-refractivity contribution in [3.05, 3.63) is 34.9 Å². The van der Waals surface area contributed by atoms with E-state index < -0.39 is 0 Å². The Hall–Kier alpha value is -0.490. The van der Waals surface area contributed by atoms with Crippen LogP contribution in [0.2, 0.25) is 0 Å². The molecular weight excluding hydrogens is 252 g/mol. The normalized spacial score (nSPS) is 21.8. The molecule has 0 aliphatic heterocycles. The minimum Gasteiger partial charge on any atom is -0.118 e. The molecule has 0 bridgehead atoms. The number of halogens is 1. The zero-order valence-electron chi connectivity index (χ0n) is 13.0. The number of hydrogen-bond donors (Lipinski definition) is 0. The highest BCUT2D eigenvalue weighted by atomic mass is 35.5. The van der Waals surface area contributed by atoms with Gasteiger partial charge in [-0.1, -0.05) is 59.2 Å². The summed E-state index contributed by atoms with van der Waals surface area (Å²) in [6.45, 7) is 11.7. The average Bonchev–Trinajstić information content (AvgIpc) is 2.35. The van der Waals surface area contributed by atoms with E-state index in [1.165, 1.54) is 29.5 Å². The van der Waals surface area contributed by atoms with Gasteiger partial charge in [0, 0.05) is 0 Å². The summed E-state index contributed by atoms with van der Waals surface area (Å²) < 4.78 is 0. The van der Waals surface area contributed by atoms with Crippen LogP contribution in [-0.2, 0) is 10.8 Å². The van der Waals surface area contributed by atoms with Crippen LogP contribution >= 0.6 is 11.6 Å². The van der Waals surface area contributed by atoms with Crippen molar-refractivity contribution in [3.63, 3.8) is 0 Å². The number of hydrogen-bond acceptors (Lipinski definition) is 0. The topological polar surface area (TPSA) is 0 Å². The van der Waals surface area contributed by atoms with E-state index in [9.17, 15) is 0 Å². The maximum atomic E-state index is 6.51. The summed E-state index contributed by atoms with van der Waals surface area (Å²) >= 11 is 6.51. The Kier molecular flexibility index (Phi) is 4.02. The lowest BCUT2D eigenvalue weighted by Crippen LogP contribution is -2.33. The zero-order chi connectivity index (χ0) is 14.3. The van der Waals surface area contributed by atoms with Crippen molar-refractivity contribution in [1.82, 2.24) is 0 Å². The third kappa shape index (κ3) is 2.84. The Balaban J connectivity index is 2.47. The number of rotatable bonds is 3. The van der Waals surface area contributed by atoms with Crippen LogP contribution in [-0.4, -0.2) is 0 Å². The molecule has 2 rings (SSSR count). The Labute approximate surface area is 123 Å². The molecule has 19 heavy (non-hydrogen) atoms. The molecule has 1 aromatic carbocycles. The maximum Gasteiger partial charge on any atom is 0.0585 e. The van der Waals surface area contributed by atoms with Crippen molar-refractivity contribution in [1.29, 1.82) is 0 Å². The van der Waals surface area contributed by atoms with Gasteiger partial charge in [-0.05, 0) is 46.8 Å². The van der Waals surface area contributed by atoms with Gasteiger partial charge in [-0.2, -0.15) is 0 Å². The maximum absolute atomic E-state index is 6.51. The molecule has 0 saturated carbocycles. The van der Waals surface area contributed by atoms with Gasteiger partial charge in [-0.15, -0.1) is 11.6 Å². The Morgan fingerprint density at radius 3 is 2.21 bits per heavy atom. The molecule has 0 saturated heterocycles. The molecule has 0 heterocycles. The Morgan fingerprint density at radius 1 is 1.05 bits per heavy atom. The number of benzene rings is 1. The van der Waals surface area contributed by atoms with E-state index >= 15 is 0 Å². The van der Waals surface area contributed by atoms with Crippen LogP contribution in [0.1, 0.15) is 82.4 Å². The first-order valence-corrected chi connectivity index (χ1v) is 8.00. The monoisotopic (exact) mass is 278 g/mol. The molecule has 0 amide bonds. The van der Waals surface area contributed by atoms with Crippen LogP contribution in [0.25, 0.3) is 0 Å². The van der Waals surface area contributed by atoms with Gasteiger partial charge in [0.2, 0.25) is 0 Å². The van der Waals surface area contributed by atoms with Crippen molar-refractivity contribution in [2.75, 3.05) is 0 Å². The van der Waals surface area contributed by atoms with E-state index in [-0.39, 0.29) is 10.8 Å². The molecule has 0 radical (unpaired) electrons. The van der Waals surface area contributed by atoms with E-state index in [0.717, 1.165) is 12.8 Å². The van der Waals surface area contributed by atoms with Crippen LogP contribution in [0.5, 0.6) is 0 Å². The van der Waals surface area contributed by atoms with Gasteiger partial charge in [0.1, 0.15) is 0 Å². The van der Waals surface area contributed by atoms with Crippen molar-refractivity contribution in [3.8, 4) is 0 Å². The van der Waals surface area contributed by atoms with Crippen LogP contribution in [0, 0.1) is 0 Å². The summed E-state index contributed by atoms with van der Waals surface area (Å²) in [5.41, 5.74) is 4.92. The molecule has 106 valence electrons. The van der Waals surface area contributed by atoms with Gasteiger partial charge in [0.15, 0.2) is 0 Å². The second-order valence-corrected chi connectivity index (χ2v) is 7.86. The van der Waals surface area contributed by atoms with Crippen LogP contribution in [0.15, 0.2) is 18.2 Å². The van der Waals surface area contributed by atoms with Gasteiger partial charge in [0.05, 0.1) is 5.38 Å². The fourth-order valence-electron chi connectivity index (χ4n) is 3.22. The van der Waals surface area contributed by atoms with Gasteiger partial charge in [0.25, 0.3) is 0 Å². The lowest BCUT2D eigenvalue weighted by Gasteiger charge is -2.42. The summed E-state index contributed by atoms with van der Waals surface area (Å²) in [5, 5.41) is 0.163. The van der Waals surface area contributed by atoms with Gasteiger partial charge >= 0.3 is 0 Å². The molecule has 0 N–H and O–H groups in total. The fraction of sp³-hybridized carbons (Fsp3) is 0.667. The summed E-state index contributed by atoms with van der Waals surface area (Å²) in [6.07, 6.45) is 4.73. The first-order chi connectivity index (χ1) is 8.78. The van der Waals surface area contributed by atoms with Crippen molar-refractivity contribution in [2.24, 2.45) is 0 Å². The fourth-order valence-corrected chi connectivity index (χ4v) is 3.58. The van der Waals surface area contributed by atoms with Crippen molar-refractivity contribution >= 4 is 11.6 Å². The van der Waals surface area contributed by atoms with Crippen LogP contribution in [0.4, 0.5) is 0 Å². The van der Waals surface area contributed by atoms with E-state index in [1.807, 2.05) is 0 Å². The Bertz CT molecular complexity index is 457. The Morgan fingerprint density at radius 2 is 1.63 bits per heavy atom. The zero-order valence-corrected chi connectivity index (χ0v) is 13.8. The largest absolute Gasteiger partial charge is 0.118 e. The average molecular weight is 279 g/mol. The van der Waals surface area contributed by atoms with Crippen molar-refractivity contribution < 1.29 is 0 Å². The third-order valence-corrected chi connectivity index (χ3v) is 5.25. The number of alkyl halides is 1. The standard InChI is InChI=1S/C18H27Cl/c1-6-7-16(19)13-8-9-14-15(12-13)18(4,5)11-10-17(14,2)3/h8-9,12,16H,6-7,10-11H2,1-5H3. The third-order valence-electron chi connectivity index (χ3n) is 4.78. The lowest BCUT2D eigenvalue weighted by atomic mass is 9.63. The smallest absolute Gasteiger partial charge is 0.0585 e. The summed E-state index contributed by atoms with van der Waals surface area (Å²) in [6, 6.07) is 6.95. The quantitative estimate of drug-likeness (QED) is 0.585. The highest BCUT2D eigenvalue weighted by molar-refractivity contribution is 6.20. The van der Waals surface area contributed by atoms with Crippen LogP contribution in [0.3, 0.4) is 0 Å². The van der Waals surface area contributed by atoms with Gasteiger partial charge < -0.3 is 0 Å². The lowest BCUT2D eigenvalue weighted by molar-refractivity contribution is 0.331. The molecule has 1 aromatic rings. The van der Waals surface area contributed by atoms with E-state index in [2.05, 4.69) is 52.8 Å². The molecule has 0 spiro atoms. The molecule has 0 aromatic heterocycles. The van der Waals surface area contributed by atoms with E-state index in [4.69, 9.17) is 11.6 Å². The van der Waals surface area contributed by atoms with Gasteiger partial charge in [-0.25, -0.2) is 0 Å². The van der Waals surface area contributed by atoms with Crippen LogP contribution < -0.4 is 0 Å². The summed E-state index contributed by atoms with van der Waals surface area (Å²) in [4.78, 5) is 0. The second kappa shape index (κ2) is 5.13. The molecule has 0 nitrogen and oxygen atoms in total. The SMILES string of the molecule is CCCC(Cl)c1ccc2c(c1)C(C)(C)CCC2(C)C. The highest BCUT2D eigenvalue weighted by Crippen LogP contribution is 2.46. The highest BCUT2D eigenvalue weighted by Gasteiger charge is 2.37. The molecule has 1 unspecified atom stereocenters. The van der Waals surface area contributed by atoms with Crippen molar-refractivity contribution in [2.45, 2.75) is 76.5 Å². The number of fused-ring (bicyclic) bond motifs is 1. The molecule has 1 heteroatoms. The minimum atomic E-state index is 0.163. The first-order valence-electron chi connectivity index (χ1n) is 7.57. The molecule has 0 fully saturated rings. The van der Waals surface area contributed by atoms with Gasteiger partial charge in [-0.3, -0.25) is 0 Å².